The van der Waals surface area contributed by atoms with Crippen molar-refractivity contribution >= 4 is 23.2 Å². The van der Waals surface area contributed by atoms with E-state index >= 15 is 4.39 Å². The van der Waals surface area contributed by atoms with Gasteiger partial charge in [-0.15, -0.1) is 5.10 Å². The van der Waals surface area contributed by atoms with Gasteiger partial charge in [-0.05, 0) is 118 Å². The lowest BCUT2D eigenvalue weighted by Gasteiger charge is -2.43. The van der Waals surface area contributed by atoms with Gasteiger partial charge in [-0.2, -0.15) is 0 Å². The molecular weight excluding hydrogens is 723 g/mol. The molecule has 2 aromatic carbocycles. The highest BCUT2D eigenvalue weighted by Crippen LogP contribution is 2.36. The molecule has 0 radical (unpaired) electrons. The second kappa shape index (κ2) is 15.4. The number of rotatable bonds is 8. The average molecular weight is 773 g/mol. The molecule has 57 heavy (non-hydrogen) atoms. The van der Waals surface area contributed by atoms with E-state index in [4.69, 9.17) is 10.1 Å². The van der Waals surface area contributed by atoms with Crippen molar-refractivity contribution in [3.8, 4) is 11.4 Å². The monoisotopic (exact) mass is 772 g/mol. The number of halogens is 2. The highest BCUT2D eigenvalue weighted by Gasteiger charge is 2.35. The molecule has 3 aromatic heterocycles. The van der Waals surface area contributed by atoms with Crippen LogP contribution in [0.25, 0.3) is 17.0 Å². The van der Waals surface area contributed by atoms with Crippen LogP contribution in [0.15, 0.2) is 72.9 Å². The molecule has 296 valence electrons. The first-order valence-corrected chi connectivity index (χ1v) is 20.8. The van der Waals surface area contributed by atoms with E-state index in [1.807, 2.05) is 45.9 Å². The molecule has 13 heteroatoms. The lowest BCUT2D eigenvalue weighted by atomic mass is 10.0. The Labute approximate surface area is 332 Å². The molecule has 5 aliphatic heterocycles. The minimum Gasteiger partial charge on any atom is -0.354 e. The molecule has 1 amide bonds. The van der Waals surface area contributed by atoms with E-state index in [1.54, 1.807) is 12.1 Å². The van der Waals surface area contributed by atoms with Crippen molar-refractivity contribution in [2.75, 3.05) is 68.7 Å². The van der Waals surface area contributed by atoms with Gasteiger partial charge >= 0.3 is 0 Å². The minimum absolute atomic E-state index is 0.0251. The summed E-state index contributed by atoms with van der Waals surface area (Å²) < 4.78 is 31.4. The molecule has 5 aromatic rings. The van der Waals surface area contributed by atoms with E-state index in [0.717, 1.165) is 137 Å². The molecule has 4 saturated heterocycles. The van der Waals surface area contributed by atoms with Crippen LogP contribution in [0.1, 0.15) is 71.6 Å². The fourth-order valence-corrected chi connectivity index (χ4v) is 9.96. The average Bonchev–Trinajstić information content (AvgIpc) is 3.99. The van der Waals surface area contributed by atoms with Crippen molar-refractivity contribution in [1.82, 2.24) is 39.6 Å². The number of piperazine rings is 1. The fraction of sp³-hybridized carbons (Fsp3) is 0.455. The second-order valence-electron chi connectivity index (χ2n) is 16.5. The number of pyridine rings is 1. The van der Waals surface area contributed by atoms with Crippen LogP contribution in [0.4, 0.5) is 20.4 Å². The summed E-state index contributed by atoms with van der Waals surface area (Å²) >= 11 is 0. The van der Waals surface area contributed by atoms with Gasteiger partial charge in [-0.25, -0.2) is 23.3 Å². The number of nitrogens with zero attached hydrogens (tertiary/aromatic N) is 9. The molecule has 5 aliphatic rings. The zero-order chi connectivity index (χ0) is 38.5. The number of carbonyl (C=O) groups is 1. The lowest BCUT2D eigenvalue weighted by molar-refractivity contribution is 0.0674. The van der Waals surface area contributed by atoms with Crippen molar-refractivity contribution in [3.05, 3.63) is 107 Å². The zero-order valence-corrected chi connectivity index (χ0v) is 32.4. The summed E-state index contributed by atoms with van der Waals surface area (Å²) in [6.07, 6.45) is 8.01. The second-order valence-corrected chi connectivity index (χ2v) is 16.5. The van der Waals surface area contributed by atoms with Crippen molar-refractivity contribution < 1.29 is 13.6 Å². The van der Waals surface area contributed by atoms with Crippen LogP contribution in [0.3, 0.4) is 0 Å². The molecular formula is C44H50F2N10O. The van der Waals surface area contributed by atoms with Crippen molar-refractivity contribution in [2.45, 2.75) is 69.7 Å². The number of fused-ring (bicyclic) bond motifs is 2. The minimum atomic E-state index is -0.262. The number of carbonyl (C=O) groups excluding carboxylic acids is 1. The van der Waals surface area contributed by atoms with Crippen LogP contribution < -0.4 is 15.1 Å². The highest BCUT2D eigenvalue weighted by atomic mass is 19.1. The molecule has 2 atom stereocenters. The number of amides is 1. The van der Waals surface area contributed by atoms with Crippen molar-refractivity contribution in [1.29, 1.82) is 0 Å². The van der Waals surface area contributed by atoms with Crippen LogP contribution >= 0.6 is 0 Å². The van der Waals surface area contributed by atoms with Gasteiger partial charge in [0.1, 0.15) is 29.0 Å². The molecule has 8 heterocycles. The third-order valence-electron chi connectivity index (χ3n) is 13.0. The highest BCUT2D eigenvalue weighted by molar-refractivity contribution is 5.98. The van der Waals surface area contributed by atoms with Gasteiger partial charge in [0.25, 0.3) is 5.91 Å². The Morgan fingerprint density at radius 2 is 1.65 bits per heavy atom. The maximum absolute atomic E-state index is 15.4. The summed E-state index contributed by atoms with van der Waals surface area (Å²) in [5.74, 6) is 1.30. The number of aromatic nitrogens is 4. The maximum Gasteiger partial charge on any atom is 0.254 e. The third-order valence-corrected chi connectivity index (χ3v) is 13.0. The van der Waals surface area contributed by atoms with E-state index < -0.39 is 0 Å². The first-order valence-electron chi connectivity index (χ1n) is 20.8. The summed E-state index contributed by atoms with van der Waals surface area (Å²) in [5.41, 5.74) is 5.61. The fourth-order valence-electron chi connectivity index (χ4n) is 9.96. The number of anilines is 2. The van der Waals surface area contributed by atoms with Crippen LogP contribution in [0, 0.1) is 11.6 Å². The summed E-state index contributed by atoms with van der Waals surface area (Å²) in [5, 5.41) is 8.45. The Hall–Kier alpha value is -4.98. The maximum atomic E-state index is 15.4. The van der Waals surface area contributed by atoms with Gasteiger partial charge in [-0.3, -0.25) is 14.6 Å². The van der Waals surface area contributed by atoms with Crippen LogP contribution in [0.2, 0.25) is 0 Å². The molecule has 10 rings (SSSR count). The van der Waals surface area contributed by atoms with Gasteiger partial charge in [0.15, 0.2) is 5.65 Å². The van der Waals surface area contributed by atoms with Gasteiger partial charge in [-0.1, -0.05) is 18.2 Å². The molecule has 0 bridgehead atoms. The number of imidazole rings is 1. The van der Waals surface area contributed by atoms with Crippen LogP contribution in [0.5, 0.6) is 0 Å². The van der Waals surface area contributed by atoms with Crippen molar-refractivity contribution in [2.24, 2.45) is 0 Å². The van der Waals surface area contributed by atoms with Gasteiger partial charge in [0, 0.05) is 75.6 Å². The summed E-state index contributed by atoms with van der Waals surface area (Å²) in [7, 11) is 0. The zero-order valence-electron chi connectivity index (χ0n) is 32.4. The first-order chi connectivity index (χ1) is 27.9. The van der Waals surface area contributed by atoms with E-state index in [0.29, 0.717) is 30.3 Å². The van der Waals surface area contributed by atoms with Crippen LogP contribution in [-0.2, 0) is 13.1 Å². The Bertz CT molecular complexity index is 2260. The normalized spacial score (nSPS) is 22.6. The number of likely N-dealkylation sites (tertiary alicyclic amines) is 1. The molecule has 4 fully saturated rings. The first kappa shape index (κ1) is 36.4. The van der Waals surface area contributed by atoms with Crippen LogP contribution in [-0.4, -0.2) is 111 Å². The lowest BCUT2D eigenvalue weighted by Crippen LogP contribution is -2.53. The van der Waals surface area contributed by atoms with E-state index in [-0.39, 0.29) is 29.6 Å². The Balaban J connectivity index is 0.753. The predicted molar refractivity (Wildman–Crippen MR) is 216 cm³/mol. The number of benzene rings is 2. The molecule has 0 aliphatic carbocycles. The van der Waals surface area contributed by atoms with Gasteiger partial charge in [0.05, 0.1) is 17.9 Å². The Morgan fingerprint density at radius 1 is 0.789 bits per heavy atom. The van der Waals surface area contributed by atoms with Gasteiger partial charge < -0.3 is 20.0 Å². The number of nitrogens with one attached hydrogen (secondary N) is 1. The summed E-state index contributed by atoms with van der Waals surface area (Å²) in [6, 6.07) is 21.3. The predicted octanol–water partition coefficient (Wildman–Crippen LogP) is 5.91. The third kappa shape index (κ3) is 7.14. The molecule has 0 saturated carbocycles. The van der Waals surface area contributed by atoms with E-state index in [9.17, 15) is 9.18 Å². The Kier molecular flexibility index (Phi) is 9.83. The Morgan fingerprint density at radius 3 is 2.47 bits per heavy atom. The topological polar surface area (TPSA) is 88.4 Å². The van der Waals surface area contributed by atoms with E-state index in [1.165, 1.54) is 12.1 Å². The van der Waals surface area contributed by atoms with E-state index in [2.05, 4.69) is 42.0 Å². The standard InChI is InChI=1S/C44H50F2N10O/c45-33-6-1-5-30(24-33)39-9-4-16-54(39)43-12-11-41-48-27-40(56(41)50-43)38-8-2-10-42(49-38)53-21-19-52(20-22-53)34-13-17-51(18-14-34)28-32-23-31-29-55(35-7-3-15-47-26-35)44(57)36(31)25-37(32)46/h1-2,5-6,8,10-12,23-25,27,34-35,39,47H,3-4,7,9,13-22,26,28-29H2/t35?,39-/m1/s1. The smallest absolute Gasteiger partial charge is 0.254 e. The molecule has 1 N–H and O–H groups in total. The van der Waals surface area contributed by atoms with Gasteiger partial charge in [0.2, 0.25) is 0 Å². The molecule has 0 spiro atoms. The SMILES string of the molecule is O=C1c2cc(F)c(CN3CCC(N4CCN(c5cccc(-c6cnc7ccc(N8CCC[C@@H]8c8cccc(F)c8)nn67)n5)CC4)CC3)cc2CN1C1CCCNC1. The quantitative estimate of drug-likeness (QED) is 0.207. The molecule has 11 nitrogen and oxygen atoms in total. The number of hydrogen-bond acceptors (Lipinski definition) is 9. The van der Waals surface area contributed by atoms with Crippen molar-refractivity contribution in [3.63, 3.8) is 0 Å². The largest absolute Gasteiger partial charge is 0.354 e. The summed E-state index contributed by atoms with van der Waals surface area (Å²) in [4.78, 5) is 34.5. The summed E-state index contributed by atoms with van der Waals surface area (Å²) in [6.45, 7) is 9.44. The number of hydrogen-bond donors (Lipinski definition) is 1. The number of piperidine rings is 2. The molecule has 1 unspecified atom stereocenters.